The van der Waals surface area contributed by atoms with Crippen LogP contribution in [0.15, 0.2) is 72.8 Å². The molecule has 0 aliphatic rings. The molecule has 0 spiro atoms. The third-order valence-electron chi connectivity index (χ3n) is 6.40. The third-order valence-corrected chi connectivity index (χ3v) is 8.17. The van der Waals surface area contributed by atoms with Crippen molar-refractivity contribution in [1.29, 1.82) is 0 Å². The standard InChI is InChI=1S/C31H36Cl2FN3O4S/c1-31(2,3)35-30(39)28(19-22-11-6-5-7-12-22)36(21-23-16-17-24(32)20-25(23)33)29(38)15-10-18-37(42(4,40)41)27-14-9-8-13-26(27)34/h5-9,11-14,16-17,20,28H,10,15,18-19,21H2,1-4H3,(H,35,39)/t28-/m1/s1. The molecule has 7 nitrogen and oxygen atoms in total. The minimum absolute atomic E-state index is 0.0208. The van der Waals surface area contributed by atoms with Crippen LogP contribution in [-0.4, -0.2) is 49.5 Å². The van der Waals surface area contributed by atoms with E-state index in [-0.39, 0.29) is 49.9 Å². The van der Waals surface area contributed by atoms with Crippen molar-refractivity contribution >= 4 is 50.7 Å². The number of carbonyl (C=O) groups is 2. The average Bonchev–Trinajstić information content (AvgIpc) is 2.89. The van der Waals surface area contributed by atoms with Crippen molar-refractivity contribution in [2.75, 3.05) is 17.1 Å². The molecule has 42 heavy (non-hydrogen) atoms. The zero-order chi connectivity index (χ0) is 31.1. The molecule has 3 aromatic carbocycles. The summed E-state index contributed by atoms with van der Waals surface area (Å²) in [5.74, 6) is -1.41. The van der Waals surface area contributed by atoms with Gasteiger partial charge in [-0.1, -0.05) is 71.7 Å². The Morgan fingerprint density at radius 2 is 1.62 bits per heavy atom. The second kappa shape index (κ2) is 14.4. The van der Waals surface area contributed by atoms with E-state index in [0.29, 0.717) is 15.6 Å². The Hall–Kier alpha value is -3.14. The lowest BCUT2D eigenvalue weighted by Crippen LogP contribution is -2.54. The summed E-state index contributed by atoms with van der Waals surface area (Å²) in [6, 6.07) is 19.0. The fourth-order valence-corrected chi connectivity index (χ4v) is 5.91. The summed E-state index contributed by atoms with van der Waals surface area (Å²) < 4.78 is 40.5. The largest absolute Gasteiger partial charge is 0.350 e. The van der Waals surface area contributed by atoms with E-state index in [2.05, 4.69) is 5.32 Å². The molecule has 3 aromatic rings. The van der Waals surface area contributed by atoms with Gasteiger partial charge in [0.1, 0.15) is 11.9 Å². The van der Waals surface area contributed by atoms with E-state index in [1.54, 1.807) is 24.3 Å². The molecule has 2 amide bonds. The summed E-state index contributed by atoms with van der Waals surface area (Å²) in [5, 5.41) is 3.77. The first-order valence-corrected chi connectivity index (χ1v) is 16.1. The molecule has 226 valence electrons. The Kier molecular flexibility index (Phi) is 11.4. The van der Waals surface area contributed by atoms with Crippen LogP contribution in [0.1, 0.15) is 44.7 Å². The van der Waals surface area contributed by atoms with E-state index in [9.17, 15) is 22.4 Å². The number of sulfonamides is 1. The van der Waals surface area contributed by atoms with Crippen molar-refractivity contribution in [3.05, 3.63) is 99.8 Å². The third kappa shape index (κ3) is 9.71. The van der Waals surface area contributed by atoms with E-state index in [4.69, 9.17) is 23.2 Å². The predicted molar refractivity (Wildman–Crippen MR) is 167 cm³/mol. The second-order valence-electron chi connectivity index (χ2n) is 11.1. The number of rotatable bonds is 12. The van der Waals surface area contributed by atoms with Gasteiger partial charge in [0.2, 0.25) is 21.8 Å². The van der Waals surface area contributed by atoms with E-state index in [1.807, 2.05) is 51.1 Å². The summed E-state index contributed by atoms with van der Waals surface area (Å²) in [5.41, 5.74) is 0.798. The van der Waals surface area contributed by atoms with Gasteiger partial charge >= 0.3 is 0 Å². The fraction of sp³-hybridized carbons (Fsp3) is 0.355. The van der Waals surface area contributed by atoms with E-state index < -0.39 is 27.4 Å². The number of halogens is 3. The van der Waals surface area contributed by atoms with Gasteiger partial charge in [0.15, 0.2) is 0 Å². The Labute approximate surface area is 257 Å². The highest BCUT2D eigenvalue weighted by Gasteiger charge is 2.32. The zero-order valence-electron chi connectivity index (χ0n) is 24.1. The van der Waals surface area contributed by atoms with Crippen LogP contribution in [-0.2, 0) is 32.6 Å². The summed E-state index contributed by atoms with van der Waals surface area (Å²) in [4.78, 5) is 29.1. The van der Waals surface area contributed by atoms with E-state index in [1.165, 1.54) is 23.1 Å². The topological polar surface area (TPSA) is 86.8 Å². The average molecular weight is 637 g/mol. The van der Waals surface area contributed by atoms with Crippen LogP contribution in [0.5, 0.6) is 0 Å². The SMILES string of the molecule is CC(C)(C)NC(=O)[C@@H](Cc1ccccc1)N(Cc1ccc(Cl)cc1Cl)C(=O)CCCN(c1ccccc1F)S(C)(=O)=O. The van der Waals surface area contributed by atoms with Gasteiger partial charge in [0.05, 0.1) is 11.9 Å². The van der Waals surface area contributed by atoms with Crippen molar-refractivity contribution in [3.63, 3.8) is 0 Å². The molecule has 0 aromatic heterocycles. The van der Waals surface area contributed by atoms with E-state index >= 15 is 0 Å². The molecule has 1 atom stereocenters. The van der Waals surface area contributed by atoms with Gasteiger partial charge in [-0.3, -0.25) is 13.9 Å². The maximum atomic E-state index is 14.5. The Morgan fingerprint density at radius 3 is 2.21 bits per heavy atom. The number of amides is 2. The smallest absolute Gasteiger partial charge is 0.243 e. The van der Waals surface area contributed by atoms with Gasteiger partial charge in [0.25, 0.3) is 0 Å². The molecular formula is C31H36Cl2FN3O4S. The molecule has 0 fully saturated rings. The zero-order valence-corrected chi connectivity index (χ0v) is 26.4. The highest BCUT2D eigenvalue weighted by atomic mass is 35.5. The number of anilines is 1. The normalized spacial score (nSPS) is 12.5. The minimum Gasteiger partial charge on any atom is -0.350 e. The molecule has 3 rings (SSSR count). The molecule has 0 saturated carbocycles. The van der Waals surface area contributed by atoms with Crippen LogP contribution in [0, 0.1) is 5.82 Å². The molecule has 1 N–H and O–H groups in total. The van der Waals surface area contributed by atoms with Crippen molar-refractivity contribution < 1.29 is 22.4 Å². The molecule has 0 bridgehead atoms. The van der Waals surface area contributed by atoms with Crippen LogP contribution in [0.2, 0.25) is 10.0 Å². The summed E-state index contributed by atoms with van der Waals surface area (Å²) in [6.45, 7) is 5.46. The molecule has 0 radical (unpaired) electrons. The first-order chi connectivity index (χ1) is 19.7. The Morgan fingerprint density at radius 1 is 0.976 bits per heavy atom. The number of carbonyl (C=O) groups excluding carboxylic acids is 2. The lowest BCUT2D eigenvalue weighted by Gasteiger charge is -2.34. The van der Waals surface area contributed by atoms with Crippen LogP contribution in [0.3, 0.4) is 0 Å². The molecule has 0 heterocycles. The van der Waals surface area contributed by atoms with Gasteiger partial charge in [-0.25, -0.2) is 12.8 Å². The van der Waals surface area contributed by atoms with Gasteiger partial charge in [-0.15, -0.1) is 0 Å². The highest BCUT2D eigenvalue weighted by Crippen LogP contribution is 2.26. The molecule has 0 unspecified atom stereocenters. The minimum atomic E-state index is -3.83. The first-order valence-electron chi connectivity index (χ1n) is 13.5. The number of para-hydroxylation sites is 1. The number of nitrogens with one attached hydrogen (secondary N) is 1. The van der Waals surface area contributed by atoms with Crippen molar-refractivity contribution in [1.82, 2.24) is 10.2 Å². The number of hydrogen-bond acceptors (Lipinski definition) is 4. The van der Waals surface area contributed by atoms with E-state index in [0.717, 1.165) is 16.1 Å². The summed E-state index contributed by atoms with van der Waals surface area (Å²) in [6.07, 6.45) is 1.22. The fourth-order valence-electron chi connectivity index (χ4n) is 4.48. The monoisotopic (exact) mass is 635 g/mol. The Bertz CT molecular complexity index is 1500. The van der Waals surface area contributed by atoms with Gasteiger partial charge in [-0.2, -0.15) is 0 Å². The molecule has 0 saturated heterocycles. The van der Waals surface area contributed by atoms with Crippen LogP contribution in [0.4, 0.5) is 10.1 Å². The maximum absolute atomic E-state index is 14.5. The number of benzene rings is 3. The predicted octanol–water partition coefficient (Wildman–Crippen LogP) is 6.23. The van der Waals surface area contributed by atoms with Crippen LogP contribution >= 0.6 is 23.2 Å². The van der Waals surface area contributed by atoms with Gasteiger partial charge in [0, 0.05) is 41.5 Å². The highest BCUT2D eigenvalue weighted by molar-refractivity contribution is 7.92. The quantitative estimate of drug-likeness (QED) is 0.255. The van der Waals surface area contributed by atoms with Crippen molar-refractivity contribution in [2.45, 2.75) is 58.2 Å². The molecule has 0 aliphatic carbocycles. The summed E-state index contributed by atoms with van der Waals surface area (Å²) in [7, 11) is -3.83. The van der Waals surface area contributed by atoms with Gasteiger partial charge in [-0.05, 0) is 62.6 Å². The van der Waals surface area contributed by atoms with Crippen molar-refractivity contribution in [2.24, 2.45) is 0 Å². The molecular weight excluding hydrogens is 600 g/mol. The van der Waals surface area contributed by atoms with Crippen LogP contribution in [0.25, 0.3) is 0 Å². The molecule has 0 aliphatic heterocycles. The second-order valence-corrected chi connectivity index (χ2v) is 13.8. The van der Waals surface area contributed by atoms with Crippen molar-refractivity contribution in [3.8, 4) is 0 Å². The Balaban J connectivity index is 1.94. The first kappa shape index (κ1) is 33.4. The maximum Gasteiger partial charge on any atom is 0.243 e. The number of nitrogens with zero attached hydrogens (tertiary/aromatic N) is 2. The van der Waals surface area contributed by atoms with Gasteiger partial charge < -0.3 is 10.2 Å². The molecule has 11 heteroatoms. The lowest BCUT2D eigenvalue weighted by atomic mass is 10.00. The summed E-state index contributed by atoms with van der Waals surface area (Å²) >= 11 is 12.6. The lowest BCUT2D eigenvalue weighted by molar-refractivity contribution is -0.142. The van der Waals surface area contributed by atoms with Crippen LogP contribution < -0.4 is 9.62 Å². The number of hydrogen-bond donors (Lipinski definition) is 1.